The lowest BCUT2D eigenvalue weighted by atomic mass is 9.86. The summed E-state index contributed by atoms with van der Waals surface area (Å²) in [6.45, 7) is 1.32. The molecular weight excluding hydrogens is 558 g/mol. The first-order chi connectivity index (χ1) is 21.2. The van der Waals surface area contributed by atoms with Crippen LogP contribution < -0.4 is 10.6 Å². The van der Waals surface area contributed by atoms with Gasteiger partial charge in [-0.2, -0.15) is 0 Å². The van der Waals surface area contributed by atoms with Crippen molar-refractivity contribution in [2.75, 3.05) is 25.5 Å². The molecule has 0 radical (unpaired) electrons. The minimum absolute atomic E-state index is 0.274. The Labute approximate surface area is 255 Å². The summed E-state index contributed by atoms with van der Waals surface area (Å²) in [7, 11) is 4.01. The molecule has 4 aromatic rings. The Bertz CT molecular complexity index is 1710. The van der Waals surface area contributed by atoms with Crippen molar-refractivity contribution >= 4 is 40.4 Å². The van der Waals surface area contributed by atoms with E-state index in [0.717, 1.165) is 41.2 Å². The van der Waals surface area contributed by atoms with Crippen LogP contribution in [-0.4, -0.2) is 63.0 Å². The fourth-order valence-electron chi connectivity index (χ4n) is 6.67. The molecule has 2 aromatic heterocycles. The fourth-order valence-corrected chi connectivity index (χ4v) is 6.67. The lowest BCUT2D eigenvalue weighted by Crippen LogP contribution is -2.61. The standard InChI is InChI=1S/C34H37N5O5/c1-38-17-15-34(16-18-38,33(43)36-25-11-7-22(8-12-25)9-14-29(40)41)37-32(42)24-10-13-26-28(19-24)39(2)31(27-20-44-21-35-27)30(26)23-5-3-4-6-23/h7-14,19-21,23H,3-6,15-18H2,1-2H3,(H,36,43)(H,37,42)(H,40,41)/b14-9+. The third-order valence-corrected chi connectivity index (χ3v) is 9.16. The summed E-state index contributed by atoms with van der Waals surface area (Å²) in [5.41, 5.74) is 4.68. The number of aromatic nitrogens is 2. The molecule has 3 N–H and O–H groups in total. The average molecular weight is 596 g/mol. The summed E-state index contributed by atoms with van der Waals surface area (Å²) in [5, 5.41) is 16.1. The van der Waals surface area contributed by atoms with E-state index in [0.29, 0.717) is 48.7 Å². The SMILES string of the molecule is CN1CCC(NC(=O)c2ccc3c(C4CCCC4)c(-c4cocn4)n(C)c3c2)(C(=O)Nc2ccc(/C=C/C(=O)O)cc2)CC1. The third kappa shape index (κ3) is 5.77. The van der Waals surface area contributed by atoms with Crippen LogP contribution in [0.5, 0.6) is 0 Å². The second kappa shape index (κ2) is 12.1. The van der Waals surface area contributed by atoms with E-state index in [4.69, 9.17) is 9.52 Å². The van der Waals surface area contributed by atoms with Crippen molar-refractivity contribution in [1.82, 2.24) is 19.8 Å². The van der Waals surface area contributed by atoms with E-state index in [1.807, 2.05) is 32.3 Å². The van der Waals surface area contributed by atoms with Crippen molar-refractivity contribution in [2.24, 2.45) is 7.05 Å². The normalized spacial score (nSPS) is 17.3. The maximum absolute atomic E-state index is 13.9. The van der Waals surface area contributed by atoms with Crippen LogP contribution in [0.3, 0.4) is 0 Å². The number of rotatable bonds is 8. The maximum Gasteiger partial charge on any atom is 0.328 e. The Kier molecular flexibility index (Phi) is 8.09. The highest BCUT2D eigenvalue weighted by molar-refractivity contribution is 6.05. The van der Waals surface area contributed by atoms with Gasteiger partial charge in [-0.25, -0.2) is 9.78 Å². The van der Waals surface area contributed by atoms with Gasteiger partial charge < -0.3 is 29.6 Å². The minimum atomic E-state index is -1.09. The van der Waals surface area contributed by atoms with Crippen molar-refractivity contribution in [3.63, 3.8) is 0 Å². The molecule has 0 atom stereocenters. The molecule has 2 fully saturated rings. The molecular formula is C34H37N5O5. The zero-order chi connectivity index (χ0) is 30.8. The molecule has 0 bridgehead atoms. The Morgan fingerprint density at radius 1 is 1.05 bits per heavy atom. The molecule has 2 aliphatic rings. The number of nitrogens with one attached hydrogen (secondary N) is 2. The van der Waals surface area contributed by atoms with E-state index < -0.39 is 11.5 Å². The largest absolute Gasteiger partial charge is 0.478 e. The number of hydrogen-bond donors (Lipinski definition) is 3. The van der Waals surface area contributed by atoms with Gasteiger partial charge in [0.1, 0.15) is 17.5 Å². The zero-order valence-electron chi connectivity index (χ0n) is 25.0. The molecule has 44 heavy (non-hydrogen) atoms. The van der Waals surface area contributed by atoms with Crippen molar-refractivity contribution in [3.8, 4) is 11.4 Å². The Morgan fingerprint density at radius 2 is 1.77 bits per heavy atom. The van der Waals surface area contributed by atoms with Crippen molar-refractivity contribution in [2.45, 2.75) is 50.0 Å². The van der Waals surface area contributed by atoms with E-state index in [1.54, 1.807) is 30.5 Å². The fraction of sp³-hybridized carbons (Fsp3) is 0.353. The quantitative estimate of drug-likeness (QED) is 0.232. The molecule has 10 nitrogen and oxygen atoms in total. The van der Waals surface area contributed by atoms with Gasteiger partial charge in [0.05, 0.1) is 5.69 Å². The summed E-state index contributed by atoms with van der Waals surface area (Å²) < 4.78 is 7.44. The van der Waals surface area contributed by atoms with Gasteiger partial charge in [-0.15, -0.1) is 0 Å². The second-order valence-corrected chi connectivity index (χ2v) is 12.0. The lowest BCUT2D eigenvalue weighted by Gasteiger charge is -2.40. The number of benzene rings is 2. The van der Waals surface area contributed by atoms with Crippen LogP contribution in [0.15, 0.2) is 65.6 Å². The molecule has 0 unspecified atom stereocenters. The number of carbonyl (C=O) groups is 3. The van der Waals surface area contributed by atoms with Crippen molar-refractivity contribution < 1.29 is 23.9 Å². The highest BCUT2D eigenvalue weighted by atomic mass is 16.4. The number of hydrogen-bond acceptors (Lipinski definition) is 6. The van der Waals surface area contributed by atoms with Crippen LogP contribution in [0.2, 0.25) is 0 Å². The van der Waals surface area contributed by atoms with Crippen LogP contribution in [0, 0.1) is 0 Å². The molecule has 3 heterocycles. The molecule has 2 aromatic carbocycles. The van der Waals surface area contributed by atoms with Crippen LogP contribution >= 0.6 is 0 Å². The number of likely N-dealkylation sites (tertiary alicyclic amines) is 1. The average Bonchev–Trinajstić information content (AvgIpc) is 3.79. The van der Waals surface area contributed by atoms with E-state index >= 15 is 0 Å². The van der Waals surface area contributed by atoms with Gasteiger partial charge >= 0.3 is 5.97 Å². The predicted molar refractivity (Wildman–Crippen MR) is 168 cm³/mol. The number of amides is 2. The highest BCUT2D eigenvalue weighted by Gasteiger charge is 2.42. The number of aliphatic carboxylic acids is 1. The summed E-state index contributed by atoms with van der Waals surface area (Å²) in [4.78, 5) is 45.1. The van der Waals surface area contributed by atoms with Gasteiger partial charge in [0.2, 0.25) is 5.91 Å². The summed E-state index contributed by atoms with van der Waals surface area (Å²) >= 11 is 0. The van der Waals surface area contributed by atoms with Crippen LogP contribution in [0.1, 0.15) is 65.9 Å². The van der Waals surface area contributed by atoms with Crippen molar-refractivity contribution in [1.29, 1.82) is 0 Å². The third-order valence-electron chi connectivity index (χ3n) is 9.16. The van der Waals surface area contributed by atoms with Gasteiger partial charge in [0.15, 0.2) is 6.39 Å². The van der Waals surface area contributed by atoms with E-state index in [-0.39, 0.29) is 11.8 Å². The molecule has 0 spiro atoms. The first kappa shape index (κ1) is 29.4. The van der Waals surface area contributed by atoms with Crippen molar-refractivity contribution in [3.05, 3.63) is 77.9 Å². The van der Waals surface area contributed by atoms with Crippen LogP contribution in [0.4, 0.5) is 5.69 Å². The van der Waals surface area contributed by atoms with Gasteiger partial charge in [0.25, 0.3) is 5.91 Å². The first-order valence-corrected chi connectivity index (χ1v) is 15.1. The zero-order valence-corrected chi connectivity index (χ0v) is 25.0. The summed E-state index contributed by atoms with van der Waals surface area (Å²) in [5.74, 6) is -1.17. The van der Waals surface area contributed by atoms with E-state index in [9.17, 15) is 14.4 Å². The molecule has 6 rings (SSSR count). The lowest BCUT2D eigenvalue weighted by molar-refractivity contribution is -0.131. The molecule has 1 saturated heterocycles. The monoisotopic (exact) mass is 595 g/mol. The summed E-state index contributed by atoms with van der Waals surface area (Å²) in [6, 6.07) is 12.7. The van der Waals surface area contributed by atoms with Gasteiger partial charge in [-0.05, 0) is 80.1 Å². The molecule has 1 aliphatic heterocycles. The van der Waals surface area contributed by atoms with Gasteiger partial charge in [-0.3, -0.25) is 9.59 Å². The molecule has 2 amide bonds. The molecule has 228 valence electrons. The van der Waals surface area contributed by atoms with Gasteiger partial charge in [0, 0.05) is 48.4 Å². The topological polar surface area (TPSA) is 130 Å². The summed E-state index contributed by atoms with van der Waals surface area (Å²) in [6.07, 6.45) is 11.3. The first-order valence-electron chi connectivity index (χ1n) is 15.1. The second-order valence-electron chi connectivity index (χ2n) is 12.0. The number of piperidine rings is 1. The molecule has 1 aliphatic carbocycles. The van der Waals surface area contributed by atoms with Crippen LogP contribution in [0.25, 0.3) is 28.4 Å². The number of carboxylic acid groups (broad SMARTS) is 1. The Hall–Kier alpha value is -4.70. The minimum Gasteiger partial charge on any atom is -0.478 e. The maximum atomic E-state index is 13.9. The number of carbonyl (C=O) groups excluding carboxylic acids is 2. The van der Waals surface area contributed by atoms with E-state index in [2.05, 4.69) is 25.1 Å². The van der Waals surface area contributed by atoms with Crippen LogP contribution in [-0.2, 0) is 16.6 Å². The predicted octanol–water partition coefficient (Wildman–Crippen LogP) is 5.42. The number of nitrogens with zero attached hydrogens (tertiary/aromatic N) is 3. The number of oxazole rings is 1. The number of aryl methyl sites for hydroxylation is 1. The Morgan fingerprint density at radius 3 is 2.43 bits per heavy atom. The smallest absolute Gasteiger partial charge is 0.328 e. The number of fused-ring (bicyclic) bond motifs is 1. The number of anilines is 1. The molecule has 1 saturated carbocycles. The molecule has 10 heteroatoms. The van der Waals surface area contributed by atoms with E-state index in [1.165, 1.54) is 30.9 Å². The highest BCUT2D eigenvalue weighted by Crippen LogP contribution is 2.44. The van der Waals surface area contributed by atoms with Gasteiger partial charge in [-0.1, -0.05) is 31.0 Å². The Balaban J connectivity index is 1.28. The number of carboxylic acids is 1.